The maximum atomic E-state index is 9.94. The first-order valence-corrected chi connectivity index (χ1v) is 8.02. The highest BCUT2D eigenvalue weighted by atomic mass is 79.9. The predicted octanol–water partition coefficient (Wildman–Crippen LogP) is 3.48. The minimum Gasteiger partial charge on any atom is -0.506 e. The zero-order valence-corrected chi connectivity index (χ0v) is 13.5. The first kappa shape index (κ1) is 14.4. The van der Waals surface area contributed by atoms with E-state index in [1.54, 1.807) is 6.07 Å². The lowest BCUT2D eigenvalue weighted by atomic mass is 10.2. The van der Waals surface area contributed by atoms with Crippen molar-refractivity contribution in [2.24, 2.45) is 0 Å². The lowest BCUT2D eigenvalue weighted by Gasteiger charge is -2.36. The van der Waals surface area contributed by atoms with Crippen molar-refractivity contribution in [1.29, 1.82) is 0 Å². The zero-order valence-electron chi connectivity index (χ0n) is 11.9. The van der Waals surface area contributed by atoms with E-state index in [9.17, 15) is 5.11 Å². The zero-order chi connectivity index (χ0) is 14.7. The van der Waals surface area contributed by atoms with Crippen LogP contribution in [0, 0.1) is 0 Å². The van der Waals surface area contributed by atoms with Gasteiger partial charge in [0, 0.05) is 37.2 Å². The second-order valence-electron chi connectivity index (χ2n) is 5.34. The van der Waals surface area contributed by atoms with Gasteiger partial charge in [-0.3, -0.25) is 4.90 Å². The van der Waals surface area contributed by atoms with Gasteiger partial charge in [-0.2, -0.15) is 0 Å². The molecule has 1 saturated heterocycles. The molecule has 0 saturated carbocycles. The molecule has 1 fully saturated rings. The lowest BCUT2D eigenvalue weighted by molar-refractivity contribution is 0.249. The van der Waals surface area contributed by atoms with Gasteiger partial charge in [0.15, 0.2) is 0 Å². The second kappa shape index (κ2) is 6.50. The van der Waals surface area contributed by atoms with E-state index >= 15 is 0 Å². The summed E-state index contributed by atoms with van der Waals surface area (Å²) in [6.07, 6.45) is 0. The standard InChI is InChI=1S/C17H19BrN2O/c18-15-6-2-1-5-14(15)13-19-9-11-20(12-10-19)16-7-3-4-8-17(16)21/h1-8,21H,9-13H2. The van der Waals surface area contributed by atoms with Crippen molar-refractivity contribution in [3.8, 4) is 5.75 Å². The summed E-state index contributed by atoms with van der Waals surface area (Å²) in [7, 11) is 0. The van der Waals surface area contributed by atoms with E-state index < -0.39 is 0 Å². The van der Waals surface area contributed by atoms with E-state index in [4.69, 9.17) is 0 Å². The van der Waals surface area contributed by atoms with Crippen molar-refractivity contribution in [1.82, 2.24) is 4.90 Å². The normalized spacial score (nSPS) is 16.1. The third kappa shape index (κ3) is 3.39. The second-order valence-corrected chi connectivity index (χ2v) is 6.20. The summed E-state index contributed by atoms with van der Waals surface area (Å²) in [5.74, 6) is 0.372. The van der Waals surface area contributed by atoms with Gasteiger partial charge >= 0.3 is 0 Å². The van der Waals surface area contributed by atoms with Crippen LogP contribution in [0.1, 0.15) is 5.56 Å². The van der Waals surface area contributed by atoms with Crippen LogP contribution < -0.4 is 4.90 Å². The number of anilines is 1. The van der Waals surface area contributed by atoms with Gasteiger partial charge in [0.05, 0.1) is 5.69 Å². The minimum atomic E-state index is 0.372. The first-order valence-electron chi connectivity index (χ1n) is 7.23. The fourth-order valence-electron chi connectivity index (χ4n) is 2.75. The van der Waals surface area contributed by atoms with Gasteiger partial charge in [-0.1, -0.05) is 46.3 Å². The predicted molar refractivity (Wildman–Crippen MR) is 89.7 cm³/mol. The first-order chi connectivity index (χ1) is 10.2. The van der Waals surface area contributed by atoms with Crippen LogP contribution in [-0.4, -0.2) is 36.2 Å². The quantitative estimate of drug-likeness (QED) is 0.921. The van der Waals surface area contributed by atoms with Gasteiger partial charge in [-0.15, -0.1) is 0 Å². The van der Waals surface area contributed by atoms with Crippen LogP contribution in [0.4, 0.5) is 5.69 Å². The number of rotatable bonds is 3. The molecule has 3 nitrogen and oxygen atoms in total. The van der Waals surface area contributed by atoms with Crippen LogP contribution in [0.25, 0.3) is 0 Å². The van der Waals surface area contributed by atoms with Crippen molar-refractivity contribution in [3.63, 3.8) is 0 Å². The van der Waals surface area contributed by atoms with E-state index in [-0.39, 0.29) is 0 Å². The Morgan fingerprint density at radius 1 is 0.905 bits per heavy atom. The summed E-state index contributed by atoms with van der Waals surface area (Å²) in [5, 5.41) is 9.94. The van der Waals surface area contributed by atoms with Gasteiger partial charge in [-0.25, -0.2) is 0 Å². The molecule has 0 atom stereocenters. The summed E-state index contributed by atoms with van der Waals surface area (Å²) in [5.41, 5.74) is 2.27. The van der Waals surface area contributed by atoms with E-state index in [0.717, 1.165) is 38.4 Å². The SMILES string of the molecule is Oc1ccccc1N1CCN(Cc2ccccc2Br)CC1. The van der Waals surface area contributed by atoms with E-state index in [1.807, 2.05) is 24.3 Å². The maximum absolute atomic E-state index is 9.94. The van der Waals surface area contributed by atoms with Crippen LogP contribution in [0.2, 0.25) is 0 Å². The topological polar surface area (TPSA) is 26.7 Å². The van der Waals surface area contributed by atoms with Crippen LogP contribution in [0.3, 0.4) is 0 Å². The number of phenols is 1. The van der Waals surface area contributed by atoms with E-state index in [1.165, 1.54) is 10.0 Å². The minimum absolute atomic E-state index is 0.372. The molecular formula is C17H19BrN2O. The molecule has 110 valence electrons. The van der Waals surface area contributed by atoms with E-state index in [2.05, 4.69) is 43.9 Å². The van der Waals surface area contributed by atoms with E-state index in [0.29, 0.717) is 5.75 Å². The monoisotopic (exact) mass is 346 g/mol. The number of benzene rings is 2. The molecule has 21 heavy (non-hydrogen) atoms. The van der Waals surface area contributed by atoms with Crippen LogP contribution in [0.5, 0.6) is 5.75 Å². The molecule has 1 heterocycles. The fourth-order valence-corrected chi connectivity index (χ4v) is 3.16. The van der Waals surface area contributed by atoms with Crippen molar-refractivity contribution in [3.05, 3.63) is 58.6 Å². The Hall–Kier alpha value is -1.52. The number of halogens is 1. The summed E-state index contributed by atoms with van der Waals surface area (Å²) in [6.45, 7) is 4.88. The number of hydrogen-bond acceptors (Lipinski definition) is 3. The summed E-state index contributed by atoms with van der Waals surface area (Å²) >= 11 is 3.61. The summed E-state index contributed by atoms with van der Waals surface area (Å²) < 4.78 is 1.17. The molecule has 0 amide bonds. The Morgan fingerprint density at radius 2 is 1.57 bits per heavy atom. The molecular weight excluding hydrogens is 328 g/mol. The molecule has 0 spiro atoms. The van der Waals surface area contributed by atoms with Gasteiger partial charge in [-0.05, 0) is 23.8 Å². The number of nitrogens with zero attached hydrogens (tertiary/aromatic N) is 2. The average Bonchev–Trinajstić information content (AvgIpc) is 2.51. The molecule has 3 rings (SSSR count). The Bertz CT molecular complexity index is 609. The number of para-hydroxylation sites is 2. The maximum Gasteiger partial charge on any atom is 0.138 e. The Kier molecular flexibility index (Phi) is 4.46. The van der Waals surface area contributed by atoms with Gasteiger partial charge in [0.2, 0.25) is 0 Å². The van der Waals surface area contributed by atoms with Crippen LogP contribution >= 0.6 is 15.9 Å². The number of piperazine rings is 1. The van der Waals surface area contributed by atoms with Gasteiger partial charge < -0.3 is 10.0 Å². The Balaban J connectivity index is 1.61. The van der Waals surface area contributed by atoms with Crippen molar-refractivity contribution < 1.29 is 5.11 Å². The average molecular weight is 347 g/mol. The van der Waals surface area contributed by atoms with Gasteiger partial charge in [0.1, 0.15) is 5.75 Å². The highest BCUT2D eigenvalue weighted by Gasteiger charge is 2.19. The number of aromatic hydroxyl groups is 1. The summed E-state index contributed by atoms with van der Waals surface area (Å²) in [6, 6.07) is 16.0. The Labute approximate surface area is 133 Å². The van der Waals surface area contributed by atoms with Crippen molar-refractivity contribution in [2.75, 3.05) is 31.1 Å². The van der Waals surface area contributed by atoms with Crippen LogP contribution in [-0.2, 0) is 6.54 Å². The number of phenolic OH excluding ortho intramolecular Hbond substituents is 1. The molecule has 2 aromatic carbocycles. The molecule has 0 aliphatic carbocycles. The van der Waals surface area contributed by atoms with Crippen molar-refractivity contribution in [2.45, 2.75) is 6.54 Å². The largest absolute Gasteiger partial charge is 0.506 e. The molecule has 4 heteroatoms. The summed E-state index contributed by atoms with van der Waals surface area (Å²) in [4.78, 5) is 4.71. The molecule has 0 radical (unpaired) electrons. The molecule has 2 aromatic rings. The molecule has 0 aromatic heterocycles. The molecule has 1 aliphatic rings. The van der Waals surface area contributed by atoms with Gasteiger partial charge in [0.25, 0.3) is 0 Å². The smallest absolute Gasteiger partial charge is 0.138 e. The third-order valence-corrected chi connectivity index (χ3v) is 4.72. The lowest BCUT2D eigenvalue weighted by Crippen LogP contribution is -2.46. The molecule has 1 N–H and O–H groups in total. The molecule has 1 aliphatic heterocycles. The highest BCUT2D eigenvalue weighted by Crippen LogP contribution is 2.27. The van der Waals surface area contributed by atoms with Crippen molar-refractivity contribution >= 4 is 21.6 Å². The molecule has 0 bridgehead atoms. The van der Waals surface area contributed by atoms with Crippen LogP contribution in [0.15, 0.2) is 53.0 Å². The third-order valence-electron chi connectivity index (χ3n) is 3.95. The fraction of sp³-hybridized carbons (Fsp3) is 0.294. The Morgan fingerprint density at radius 3 is 2.29 bits per heavy atom. The number of hydrogen-bond donors (Lipinski definition) is 1. The molecule has 0 unspecified atom stereocenters. The highest BCUT2D eigenvalue weighted by molar-refractivity contribution is 9.10.